The summed E-state index contributed by atoms with van der Waals surface area (Å²) in [6.07, 6.45) is -2.41. The van der Waals surface area contributed by atoms with E-state index in [9.17, 15) is 9.59 Å². The van der Waals surface area contributed by atoms with Gasteiger partial charge < -0.3 is 13.9 Å². The predicted octanol–water partition coefficient (Wildman–Crippen LogP) is 5.46. The summed E-state index contributed by atoms with van der Waals surface area (Å²) in [6.45, 7) is 7.49. The summed E-state index contributed by atoms with van der Waals surface area (Å²) in [5, 5.41) is 10.8. The number of amides is 1. The number of hydrogen-bond donors (Lipinski definition) is 1. The second-order valence-electron chi connectivity index (χ2n) is 11.4. The highest BCUT2D eigenvalue weighted by atomic mass is 28.4. The molecule has 1 amide bonds. The lowest BCUT2D eigenvalue weighted by atomic mass is 10.1. The normalized spacial score (nSPS) is 19.5. The monoisotopic (exact) mass is 624 g/mol. The lowest BCUT2D eigenvalue weighted by Gasteiger charge is -2.30. The molecule has 0 spiro atoms. The van der Waals surface area contributed by atoms with Gasteiger partial charge in [0, 0.05) is 6.20 Å². The molecule has 1 aliphatic rings. The van der Waals surface area contributed by atoms with Crippen LogP contribution in [0.4, 0.5) is 19.4 Å². The predicted molar refractivity (Wildman–Crippen MR) is 161 cm³/mol. The van der Waals surface area contributed by atoms with Crippen LogP contribution in [0.2, 0.25) is 19.6 Å². The van der Waals surface area contributed by atoms with Crippen LogP contribution in [0.15, 0.2) is 77.9 Å². The number of benzene rings is 2. The maximum Gasteiger partial charge on any atom is 0.413 e. The molecule has 1 N–H and O–H groups in total. The SMILES string of the molecule is CC[C@H]1O[C@@H](n2cc(-c3cn(Cc4ccccc4)nn3)c(NC(=O)OCc3ccccc3)nc2=O)C(F)(F)C1O[Si](C)(C)C. The second kappa shape index (κ2) is 12.8. The van der Waals surface area contributed by atoms with Crippen LogP contribution in [-0.4, -0.2) is 57.1 Å². The number of alkyl halides is 2. The first-order valence-corrected chi connectivity index (χ1v) is 17.6. The van der Waals surface area contributed by atoms with E-state index in [0.29, 0.717) is 6.54 Å². The molecule has 232 valence electrons. The number of nitrogens with zero attached hydrogens (tertiary/aromatic N) is 5. The number of nitrogens with one attached hydrogen (secondary N) is 1. The maximum atomic E-state index is 15.9. The Morgan fingerprint density at radius 2 is 1.70 bits per heavy atom. The highest BCUT2D eigenvalue weighted by Gasteiger charge is 2.61. The molecule has 5 rings (SSSR count). The van der Waals surface area contributed by atoms with Crippen molar-refractivity contribution in [1.82, 2.24) is 24.5 Å². The Balaban J connectivity index is 1.50. The van der Waals surface area contributed by atoms with Crippen LogP contribution in [0.5, 0.6) is 0 Å². The summed E-state index contributed by atoms with van der Waals surface area (Å²) in [4.78, 5) is 30.0. The van der Waals surface area contributed by atoms with Crippen LogP contribution in [-0.2, 0) is 27.1 Å². The van der Waals surface area contributed by atoms with Gasteiger partial charge in [0.25, 0.3) is 0 Å². The average molecular weight is 625 g/mol. The number of carbonyl (C=O) groups is 1. The molecule has 3 heterocycles. The Bertz CT molecular complexity index is 1650. The van der Waals surface area contributed by atoms with Crippen molar-refractivity contribution >= 4 is 20.2 Å². The van der Waals surface area contributed by atoms with Gasteiger partial charge in [0.05, 0.1) is 24.4 Å². The van der Waals surface area contributed by atoms with Crippen LogP contribution in [0, 0.1) is 0 Å². The highest BCUT2D eigenvalue weighted by molar-refractivity contribution is 6.69. The number of halogens is 2. The molecule has 0 bridgehead atoms. The molecule has 1 fully saturated rings. The van der Waals surface area contributed by atoms with E-state index < -0.39 is 44.5 Å². The molecule has 11 nitrogen and oxygen atoms in total. The van der Waals surface area contributed by atoms with Crippen LogP contribution in [0.1, 0.15) is 30.7 Å². The van der Waals surface area contributed by atoms with Gasteiger partial charge in [-0.1, -0.05) is 72.8 Å². The summed E-state index contributed by atoms with van der Waals surface area (Å²) >= 11 is 0. The van der Waals surface area contributed by atoms with Crippen molar-refractivity contribution in [2.75, 3.05) is 5.32 Å². The zero-order valence-electron chi connectivity index (χ0n) is 24.8. The number of aromatic nitrogens is 5. The molecule has 4 aromatic rings. The van der Waals surface area contributed by atoms with E-state index in [2.05, 4.69) is 20.6 Å². The van der Waals surface area contributed by atoms with E-state index in [1.54, 1.807) is 42.1 Å². The topological polar surface area (TPSA) is 122 Å². The maximum absolute atomic E-state index is 15.9. The molecule has 2 aromatic heterocycles. The van der Waals surface area contributed by atoms with E-state index in [1.165, 1.54) is 0 Å². The summed E-state index contributed by atoms with van der Waals surface area (Å²) in [5.74, 6) is -3.78. The molecule has 3 atom stereocenters. The molecular formula is C30H34F2N6O5Si. The fourth-order valence-electron chi connectivity index (χ4n) is 4.86. The second-order valence-corrected chi connectivity index (χ2v) is 15.9. The van der Waals surface area contributed by atoms with Crippen molar-refractivity contribution in [2.24, 2.45) is 0 Å². The fraction of sp³-hybridized carbons (Fsp3) is 0.367. The van der Waals surface area contributed by atoms with Gasteiger partial charge in [-0.2, -0.15) is 13.8 Å². The summed E-state index contributed by atoms with van der Waals surface area (Å²) < 4.78 is 51.0. The van der Waals surface area contributed by atoms with Crippen molar-refractivity contribution in [1.29, 1.82) is 0 Å². The first kappa shape index (κ1) is 31.2. The first-order valence-electron chi connectivity index (χ1n) is 14.2. The fourth-order valence-corrected chi connectivity index (χ4v) is 5.93. The zero-order valence-corrected chi connectivity index (χ0v) is 25.8. The summed E-state index contributed by atoms with van der Waals surface area (Å²) in [7, 11) is -2.41. The Kier molecular flexibility index (Phi) is 9.04. The van der Waals surface area contributed by atoms with Crippen molar-refractivity contribution in [2.45, 2.75) is 70.5 Å². The van der Waals surface area contributed by atoms with Crippen molar-refractivity contribution in [3.8, 4) is 11.3 Å². The lowest BCUT2D eigenvalue weighted by Crippen LogP contribution is -2.47. The summed E-state index contributed by atoms with van der Waals surface area (Å²) in [6, 6.07) is 18.5. The molecule has 1 aliphatic heterocycles. The summed E-state index contributed by atoms with van der Waals surface area (Å²) in [5.41, 5.74) is 0.896. The van der Waals surface area contributed by atoms with Gasteiger partial charge in [-0.3, -0.25) is 9.88 Å². The molecule has 14 heteroatoms. The number of anilines is 1. The smallest absolute Gasteiger partial charge is 0.413 e. The van der Waals surface area contributed by atoms with Crippen LogP contribution < -0.4 is 11.0 Å². The number of rotatable bonds is 10. The Morgan fingerprint density at radius 3 is 2.34 bits per heavy atom. The molecule has 44 heavy (non-hydrogen) atoms. The minimum atomic E-state index is -3.56. The van der Waals surface area contributed by atoms with Gasteiger partial charge in [-0.05, 0) is 37.2 Å². The quantitative estimate of drug-likeness (QED) is 0.231. The van der Waals surface area contributed by atoms with Crippen molar-refractivity contribution in [3.63, 3.8) is 0 Å². The molecule has 0 aliphatic carbocycles. The third-order valence-corrected chi connectivity index (χ3v) is 7.83. The van der Waals surface area contributed by atoms with Crippen LogP contribution >= 0.6 is 0 Å². The largest absolute Gasteiger partial charge is 0.444 e. The molecule has 1 unspecified atom stereocenters. The molecule has 0 saturated carbocycles. The number of hydrogen-bond acceptors (Lipinski definition) is 8. The molecular weight excluding hydrogens is 590 g/mol. The highest BCUT2D eigenvalue weighted by Crippen LogP contribution is 2.46. The Morgan fingerprint density at radius 1 is 1.05 bits per heavy atom. The van der Waals surface area contributed by atoms with E-state index in [4.69, 9.17) is 13.9 Å². The van der Waals surface area contributed by atoms with E-state index in [1.807, 2.05) is 56.0 Å². The third kappa shape index (κ3) is 7.09. The van der Waals surface area contributed by atoms with Gasteiger partial charge in [0.2, 0.25) is 6.23 Å². The Hall–Kier alpha value is -4.27. The van der Waals surface area contributed by atoms with Gasteiger partial charge >= 0.3 is 17.7 Å². The van der Waals surface area contributed by atoms with Crippen molar-refractivity contribution in [3.05, 3.63) is 94.7 Å². The van der Waals surface area contributed by atoms with Gasteiger partial charge in [0.15, 0.2) is 14.1 Å². The minimum Gasteiger partial charge on any atom is -0.444 e. The molecule has 1 saturated heterocycles. The lowest BCUT2D eigenvalue weighted by molar-refractivity contribution is -0.137. The van der Waals surface area contributed by atoms with Crippen LogP contribution in [0.3, 0.4) is 0 Å². The zero-order chi connectivity index (χ0) is 31.5. The molecule has 0 radical (unpaired) electrons. The van der Waals surface area contributed by atoms with Gasteiger partial charge in [-0.25, -0.2) is 14.3 Å². The van der Waals surface area contributed by atoms with E-state index in [0.717, 1.165) is 21.9 Å². The number of ether oxygens (including phenoxy) is 2. The van der Waals surface area contributed by atoms with E-state index in [-0.39, 0.29) is 30.1 Å². The Labute approximate surface area is 253 Å². The minimum absolute atomic E-state index is 0.0364. The first-order chi connectivity index (χ1) is 20.9. The van der Waals surface area contributed by atoms with Crippen LogP contribution in [0.25, 0.3) is 11.3 Å². The molecule has 2 aromatic carbocycles. The average Bonchev–Trinajstić information content (AvgIpc) is 3.54. The van der Waals surface area contributed by atoms with Gasteiger partial charge in [-0.15, -0.1) is 5.10 Å². The third-order valence-electron chi connectivity index (χ3n) is 6.87. The van der Waals surface area contributed by atoms with E-state index >= 15 is 8.78 Å². The van der Waals surface area contributed by atoms with Gasteiger partial charge in [0.1, 0.15) is 18.4 Å². The standard InChI is InChI=1S/C30H34F2N6O5Si/c1-5-24-25(43-44(2,3)4)30(31,32)27(42-24)38-17-22(23-18-37(36-35-23)16-20-12-8-6-9-13-20)26(33-28(38)39)34-29(40)41-19-21-14-10-7-11-15-21/h6-15,17-18,24-25,27H,5,16,19H2,1-4H3,(H,33,34,39,40)/t24-,25?,27-/m1/s1. The van der Waals surface area contributed by atoms with Crippen molar-refractivity contribution < 1.29 is 27.5 Å². The number of carbonyl (C=O) groups excluding carboxylic acids is 1.